The number of fused-ring (bicyclic) bond motifs is 1. The van der Waals surface area contributed by atoms with Gasteiger partial charge in [-0.3, -0.25) is 9.59 Å². The topological polar surface area (TPSA) is 42.3 Å². The maximum Gasteiger partial charge on any atom is 0.259 e. The maximum atomic E-state index is 13.2. The van der Waals surface area contributed by atoms with E-state index in [0.717, 1.165) is 20.2 Å². The Balaban J connectivity index is 2.09. The molecule has 1 amide bonds. The lowest BCUT2D eigenvalue weighted by molar-refractivity contribution is 0.0989. The second-order valence-corrected chi connectivity index (χ2v) is 7.10. The standard InChI is InChI=1S/C21H19IN2O2/c1-3-4-13-24(21(26)17-7-5-6-8-18(17)22)16-10-11-19-15(14-16)9-12-20(25)23(19)2/h3-12,14H,13H2,1-2H3/b4-3+. The molecular weight excluding hydrogens is 439 g/mol. The number of halogens is 1. The molecule has 0 unspecified atom stereocenters. The van der Waals surface area contributed by atoms with Gasteiger partial charge in [0.05, 0.1) is 11.1 Å². The van der Waals surface area contributed by atoms with Crippen LogP contribution >= 0.6 is 22.6 Å². The van der Waals surface area contributed by atoms with Crippen LogP contribution in [-0.4, -0.2) is 17.0 Å². The first kappa shape index (κ1) is 18.4. The Morgan fingerprint density at radius 2 is 1.92 bits per heavy atom. The zero-order valence-corrected chi connectivity index (χ0v) is 16.8. The Hall–Kier alpha value is -2.41. The number of carbonyl (C=O) groups is 1. The summed E-state index contributed by atoms with van der Waals surface area (Å²) in [6, 6.07) is 16.6. The summed E-state index contributed by atoms with van der Waals surface area (Å²) in [5, 5.41) is 0.922. The molecule has 0 aliphatic rings. The van der Waals surface area contributed by atoms with E-state index in [2.05, 4.69) is 22.6 Å². The number of rotatable bonds is 4. The van der Waals surface area contributed by atoms with E-state index in [9.17, 15) is 9.59 Å². The number of carbonyl (C=O) groups excluding carboxylic acids is 1. The first-order valence-corrected chi connectivity index (χ1v) is 9.38. The van der Waals surface area contributed by atoms with Crippen LogP contribution in [0.15, 0.2) is 71.5 Å². The van der Waals surface area contributed by atoms with E-state index >= 15 is 0 Å². The molecule has 3 rings (SSSR count). The van der Waals surface area contributed by atoms with Gasteiger partial charge in [0.15, 0.2) is 0 Å². The fraction of sp³-hybridized carbons (Fsp3) is 0.143. The van der Waals surface area contributed by atoms with Crippen LogP contribution in [0.1, 0.15) is 17.3 Å². The normalized spacial score (nSPS) is 11.2. The summed E-state index contributed by atoms with van der Waals surface area (Å²) in [5.74, 6) is -0.0442. The smallest absolute Gasteiger partial charge is 0.259 e. The van der Waals surface area contributed by atoms with Gasteiger partial charge < -0.3 is 9.47 Å². The minimum atomic E-state index is -0.0501. The van der Waals surface area contributed by atoms with Crippen LogP contribution in [0, 0.1) is 3.57 Å². The second-order valence-electron chi connectivity index (χ2n) is 5.94. The average Bonchev–Trinajstić information content (AvgIpc) is 2.65. The predicted molar refractivity (Wildman–Crippen MR) is 115 cm³/mol. The molecule has 0 radical (unpaired) electrons. The van der Waals surface area contributed by atoms with Crippen molar-refractivity contribution in [1.29, 1.82) is 0 Å². The van der Waals surface area contributed by atoms with Crippen LogP contribution in [0.5, 0.6) is 0 Å². The van der Waals surface area contributed by atoms with E-state index < -0.39 is 0 Å². The minimum absolute atomic E-state index is 0.0442. The number of allylic oxidation sites excluding steroid dienone is 1. The number of hydrogen-bond acceptors (Lipinski definition) is 2. The zero-order valence-electron chi connectivity index (χ0n) is 14.6. The number of aromatic nitrogens is 1. The Bertz CT molecular complexity index is 1050. The summed E-state index contributed by atoms with van der Waals surface area (Å²) in [6.07, 6.45) is 3.89. The molecule has 0 bridgehead atoms. The van der Waals surface area contributed by atoms with Crippen molar-refractivity contribution < 1.29 is 4.79 Å². The van der Waals surface area contributed by atoms with E-state index in [-0.39, 0.29) is 11.5 Å². The SMILES string of the molecule is C/C=C/CN(C(=O)c1ccccc1I)c1ccc2c(ccc(=O)n2C)c1. The van der Waals surface area contributed by atoms with Gasteiger partial charge in [-0.15, -0.1) is 0 Å². The van der Waals surface area contributed by atoms with Crippen LogP contribution in [0.2, 0.25) is 0 Å². The monoisotopic (exact) mass is 458 g/mol. The summed E-state index contributed by atoms with van der Waals surface area (Å²) >= 11 is 2.18. The van der Waals surface area contributed by atoms with Crippen molar-refractivity contribution in [2.45, 2.75) is 6.92 Å². The summed E-state index contributed by atoms with van der Waals surface area (Å²) < 4.78 is 2.53. The lowest BCUT2D eigenvalue weighted by Crippen LogP contribution is -2.31. The molecule has 0 aliphatic heterocycles. The highest BCUT2D eigenvalue weighted by molar-refractivity contribution is 14.1. The largest absolute Gasteiger partial charge is 0.311 e. The molecule has 0 atom stereocenters. The molecule has 2 aromatic carbocycles. The van der Waals surface area contributed by atoms with Crippen molar-refractivity contribution in [2.75, 3.05) is 11.4 Å². The van der Waals surface area contributed by atoms with Gasteiger partial charge in [-0.1, -0.05) is 24.3 Å². The number of nitrogens with zero attached hydrogens (tertiary/aromatic N) is 2. The van der Waals surface area contributed by atoms with Gasteiger partial charge in [0.2, 0.25) is 0 Å². The molecule has 26 heavy (non-hydrogen) atoms. The third-order valence-corrected chi connectivity index (χ3v) is 5.23. The Morgan fingerprint density at radius 3 is 2.65 bits per heavy atom. The molecule has 3 aromatic rings. The number of amides is 1. The summed E-state index contributed by atoms with van der Waals surface area (Å²) in [4.78, 5) is 26.7. The molecule has 132 valence electrons. The number of hydrogen-bond donors (Lipinski definition) is 0. The maximum absolute atomic E-state index is 13.2. The van der Waals surface area contributed by atoms with Gasteiger partial charge in [-0.25, -0.2) is 0 Å². The third-order valence-electron chi connectivity index (χ3n) is 4.29. The summed E-state index contributed by atoms with van der Waals surface area (Å²) in [7, 11) is 1.75. The van der Waals surface area contributed by atoms with Crippen molar-refractivity contribution in [2.24, 2.45) is 7.05 Å². The van der Waals surface area contributed by atoms with Crippen LogP contribution < -0.4 is 10.5 Å². The first-order chi connectivity index (χ1) is 12.5. The van der Waals surface area contributed by atoms with Gasteiger partial charge in [-0.05, 0) is 65.9 Å². The van der Waals surface area contributed by atoms with Crippen LogP contribution in [0.25, 0.3) is 10.9 Å². The molecule has 4 nitrogen and oxygen atoms in total. The van der Waals surface area contributed by atoms with Crippen molar-refractivity contribution in [3.05, 3.63) is 86.2 Å². The lowest BCUT2D eigenvalue weighted by atomic mass is 10.1. The highest BCUT2D eigenvalue weighted by atomic mass is 127. The summed E-state index contributed by atoms with van der Waals surface area (Å²) in [6.45, 7) is 2.42. The molecule has 0 N–H and O–H groups in total. The highest BCUT2D eigenvalue weighted by Gasteiger charge is 2.19. The molecule has 0 aliphatic carbocycles. The number of aryl methyl sites for hydroxylation is 1. The van der Waals surface area contributed by atoms with Crippen LogP contribution in [0.3, 0.4) is 0 Å². The Morgan fingerprint density at radius 1 is 1.15 bits per heavy atom. The summed E-state index contributed by atoms with van der Waals surface area (Å²) in [5.41, 5.74) is 2.27. The van der Waals surface area contributed by atoms with Gasteiger partial charge in [0.25, 0.3) is 11.5 Å². The Labute approximate surface area is 165 Å². The Kier molecular flexibility index (Phi) is 5.56. The molecule has 1 aromatic heterocycles. The van der Waals surface area contributed by atoms with Gasteiger partial charge in [-0.2, -0.15) is 0 Å². The van der Waals surface area contributed by atoms with Crippen LogP contribution in [0.4, 0.5) is 5.69 Å². The fourth-order valence-corrected chi connectivity index (χ4v) is 3.45. The van der Waals surface area contributed by atoms with E-state index in [1.54, 1.807) is 28.6 Å². The molecule has 5 heteroatoms. The minimum Gasteiger partial charge on any atom is -0.311 e. The molecule has 0 spiro atoms. The number of benzene rings is 2. The van der Waals surface area contributed by atoms with Crippen molar-refractivity contribution >= 4 is 45.1 Å². The first-order valence-electron chi connectivity index (χ1n) is 8.30. The fourth-order valence-electron chi connectivity index (χ4n) is 2.84. The molecular formula is C21H19IN2O2. The zero-order chi connectivity index (χ0) is 18.7. The van der Waals surface area contributed by atoms with Gasteiger partial charge in [0, 0.05) is 34.3 Å². The average molecular weight is 458 g/mol. The number of pyridine rings is 1. The third kappa shape index (κ3) is 3.58. The van der Waals surface area contributed by atoms with Gasteiger partial charge in [0.1, 0.15) is 0 Å². The lowest BCUT2D eigenvalue weighted by Gasteiger charge is -2.23. The van der Waals surface area contributed by atoms with Crippen LogP contribution in [-0.2, 0) is 7.05 Å². The number of anilines is 1. The molecule has 0 saturated carbocycles. The molecule has 0 saturated heterocycles. The van der Waals surface area contributed by atoms with E-state index in [0.29, 0.717) is 12.1 Å². The van der Waals surface area contributed by atoms with E-state index in [1.165, 1.54) is 0 Å². The van der Waals surface area contributed by atoms with Crippen molar-refractivity contribution in [1.82, 2.24) is 4.57 Å². The van der Waals surface area contributed by atoms with Crippen molar-refractivity contribution in [3.8, 4) is 0 Å². The van der Waals surface area contributed by atoms with E-state index in [1.807, 2.05) is 61.5 Å². The molecule has 1 heterocycles. The predicted octanol–water partition coefficient (Wildman–Crippen LogP) is 4.37. The van der Waals surface area contributed by atoms with Crippen molar-refractivity contribution in [3.63, 3.8) is 0 Å². The van der Waals surface area contributed by atoms with Gasteiger partial charge >= 0.3 is 0 Å². The quantitative estimate of drug-likeness (QED) is 0.431. The molecule has 0 fully saturated rings. The van der Waals surface area contributed by atoms with E-state index in [4.69, 9.17) is 0 Å². The second kappa shape index (κ2) is 7.86. The highest BCUT2D eigenvalue weighted by Crippen LogP contribution is 2.24.